The maximum absolute atomic E-state index is 12.0. The summed E-state index contributed by atoms with van der Waals surface area (Å²) in [4.78, 5) is 37.5. The zero-order valence-corrected chi connectivity index (χ0v) is 10.8. The molecular weight excluding hydrogens is 266 g/mol. The minimum absolute atomic E-state index is 0.0843. The Morgan fingerprint density at radius 3 is 2.75 bits per heavy atom. The van der Waals surface area contributed by atoms with Gasteiger partial charge in [0.15, 0.2) is 0 Å². The lowest BCUT2D eigenvalue weighted by atomic mass is 10.1. The number of amides is 2. The fourth-order valence-electron chi connectivity index (χ4n) is 1.51. The monoisotopic (exact) mass is 281 g/mol. The fraction of sp³-hybridized carbons (Fsp3) is 0.333. The van der Waals surface area contributed by atoms with E-state index in [1.807, 2.05) is 0 Å². The molecule has 8 heteroatoms. The van der Waals surface area contributed by atoms with Crippen LogP contribution in [0.4, 0.5) is 0 Å². The van der Waals surface area contributed by atoms with Gasteiger partial charge in [-0.05, 0) is 18.6 Å². The lowest BCUT2D eigenvalue weighted by Gasteiger charge is -2.14. The van der Waals surface area contributed by atoms with E-state index in [1.54, 1.807) is 0 Å². The predicted molar refractivity (Wildman–Crippen MR) is 68.1 cm³/mol. The molecule has 0 aliphatic rings. The first-order valence-electron chi connectivity index (χ1n) is 5.76. The SMILES string of the molecule is COc1ncccc1C(=O)NC(CCC(N)=O)C(=O)O. The number of nitrogens with zero attached hydrogens (tertiary/aromatic N) is 1. The third-order valence-electron chi connectivity index (χ3n) is 2.49. The summed E-state index contributed by atoms with van der Waals surface area (Å²) in [6.45, 7) is 0. The lowest BCUT2D eigenvalue weighted by Crippen LogP contribution is -2.41. The second-order valence-corrected chi connectivity index (χ2v) is 3.93. The van der Waals surface area contributed by atoms with Crippen molar-refractivity contribution in [3.8, 4) is 5.88 Å². The molecule has 8 nitrogen and oxygen atoms in total. The number of hydrogen-bond donors (Lipinski definition) is 3. The first-order valence-corrected chi connectivity index (χ1v) is 5.76. The number of aromatic nitrogens is 1. The normalized spacial score (nSPS) is 11.4. The highest BCUT2D eigenvalue weighted by atomic mass is 16.5. The van der Waals surface area contributed by atoms with E-state index in [2.05, 4.69) is 10.3 Å². The highest BCUT2D eigenvalue weighted by Crippen LogP contribution is 2.13. The summed E-state index contributed by atoms with van der Waals surface area (Å²) in [5.74, 6) is -2.44. The van der Waals surface area contributed by atoms with Crippen LogP contribution in [0.5, 0.6) is 5.88 Å². The number of pyridine rings is 1. The maximum Gasteiger partial charge on any atom is 0.326 e. The molecule has 0 aromatic carbocycles. The van der Waals surface area contributed by atoms with Gasteiger partial charge in [-0.3, -0.25) is 9.59 Å². The Kier molecular flexibility index (Phi) is 5.45. The molecule has 2 amide bonds. The zero-order valence-electron chi connectivity index (χ0n) is 10.8. The van der Waals surface area contributed by atoms with Crippen LogP contribution in [0.3, 0.4) is 0 Å². The molecule has 0 bridgehead atoms. The number of methoxy groups -OCH3 is 1. The Balaban J connectivity index is 2.80. The van der Waals surface area contributed by atoms with Crippen molar-refractivity contribution in [2.24, 2.45) is 5.73 Å². The Hall–Kier alpha value is -2.64. The van der Waals surface area contributed by atoms with Gasteiger partial charge < -0.3 is 20.9 Å². The van der Waals surface area contributed by atoms with Crippen LogP contribution in [0.25, 0.3) is 0 Å². The number of primary amides is 1. The molecule has 20 heavy (non-hydrogen) atoms. The van der Waals surface area contributed by atoms with Gasteiger partial charge in [-0.15, -0.1) is 0 Å². The van der Waals surface area contributed by atoms with Crippen molar-refractivity contribution in [3.05, 3.63) is 23.9 Å². The fourth-order valence-corrected chi connectivity index (χ4v) is 1.51. The lowest BCUT2D eigenvalue weighted by molar-refractivity contribution is -0.139. The van der Waals surface area contributed by atoms with Crippen molar-refractivity contribution in [3.63, 3.8) is 0 Å². The molecule has 1 aromatic heterocycles. The summed E-state index contributed by atoms with van der Waals surface area (Å²) in [6, 6.07) is 1.77. The second-order valence-electron chi connectivity index (χ2n) is 3.93. The summed E-state index contributed by atoms with van der Waals surface area (Å²) < 4.78 is 4.91. The molecule has 1 atom stereocenters. The summed E-state index contributed by atoms with van der Waals surface area (Å²) in [6.07, 6.45) is 1.22. The van der Waals surface area contributed by atoms with Crippen LogP contribution in [-0.4, -0.2) is 41.0 Å². The van der Waals surface area contributed by atoms with E-state index >= 15 is 0 Å². The number of rotatable bonds is 7. The molecule has 0 fully saturated rings. The number of ether oxygens (including phenoxy) is 1. The van der Waals surface area contributed by atoms with Crippen LogP contribution in [0.1, 0.15) is 23.2 Å². The van der Waals surface area contributed by atoms with Crippen LogP contribution in [-0.2, 0) is 9.59 Å². The Labute approximate surface area is 114 Å². The van der Waals surface area contributed by atoms with Crippen LogP contribution >= 0.6 is 0 Å². The van der Waals surface area contributed by atoms with E-state index in [9.17, 15) is 14.4 Å². The highest BCUT2D eigenvalue weighted by molar-refractivity contribution is 5.98. The largest absolute Gasteiger partial charge is 0.480 e. The zero-order chi connectivity index (χ0) is 15.1. The van der Waals surface area contributed by atoms with Crippen LogP contribution in [0.2, 0.25) is 0 Å². The Morgan fingerprint density at radius 1 is 1.50 bits per heavy atom. The van der Waals surface area contributed by atoms with Gasteiger partial charge in [0, 0.05) is 12.6 Å². The third-order valence-corrected chi connectivity index (χ3v) is 2.49. The minimum atomic E-state index is -1.25. The van der Waals surface area contributed by atoms with Gasteiger partial charge in [-0.25, -0.2) is 9.78 Å². The quantitative estimate of drug-likeness (QED) is 0.619. The minimum Gasteiger partial charge on any atom is -0.480 e. The standard InChI is InChI=1S/C12H15N3O5/c1-20-11-7(3-2-6-14-11)10(17)15-8(12(18)19)4-5-9(13)16/h2-3,6,8H,4-5H2,1H3,(H2,13,16)(H,15,17)(H,18,19). The summed E-state index contributed by atoms with van der Waals surface area (Å²) in [5.41, 5.74) is 5.07. The third kappa shape index (κ3) is 4.23. The van der Waals surface area contributed by atoms with Crippen LogP contribution in [0.15, 0.2) is 18.3 Å². The second kappa shape index (κ2) is 7.07. The number of carbonyl (C=O) groups excluding carboxylic acids is 2. The average molecular weight is 281 g/mol. The van der Waals surface area contributed by atoms with Gasteiger partial charge in [-0.2, -0.15) is 0 Å². The van der Waals surface area contributed by atoms with Gasteiger partial charge >= 0.3 is 5.97 Å². The molecule has 4 N–H and O–H groups in total. The first-order chi connectivity index (χ1) is 9.45. The number of carboxylic acid groups (broad SMARTS) is 1. The first kappa shape index (κ1) is 15.4. The van der Waals surface area contributed by atoms with Crippen molar-refractivity contribution in [2.75, 3.05) is 7.11 Å². The van der Waals surface area contributed by atoms with Gasteiger partial charge in [0.25, 0.3) is 5.91 Å². The molecule has 0 saturated carbocycles. The van der Waals surface area contributed by atoms with E-state index < -0.39 is 23.8 Å². The molecular formula is C12H15N3O5. The topological polar surface area (TPSA) is 132 Å². The molecule has 1 aromatic rings. The van der Waals surface area contributed by atoms with Crippen molar-refractivity contribution in [1.29, 1.82) is 0 Å². The van der Waals surface area contributed by atoms with Crippen molar-refractivity contribution < 1.29 is 24.2 Å². The van der Waals surface area contributed by atoms with E-state index in [0.717, 1.165) is 0 Å². The van der Waals surface area contributed by atoms with E-state index in [4.69, 9.17) is 15.6 Å². The number of carbonyl (C=O) groups is 3. The average Bonchev–Trinajstić information content (AvgIpc) is 2.42. The van der Waals surface area contributed by atoms with Crippen LogP contribution < -0.4 is 15.8 Å². The van der Waals surface area contributed by atoms with E-state index in [1.165, 1.54) is 25.4 Å². The van der Waals surface area contributed by atoms with Gasteiger partial charge in [0.2, 0.25) is 11.8 Å². The predicted octanol–water partition coefficient (Wildman–Crippen LogP) is -0.461. The van der Waals surface area contributed by atoms with E-state index in [-0.39, 0.29) is 24.3 Å². The van der Waals surface area contributed by atoms with Crippen molar-refractivity contribution in [1.82, 2.24) is 10.3 Å². The van der Waals surface area contributed by atoms with Gasteiger partial charge in [0.1, 0.15) is 11.6 Å². The summed E-state index contributed by atoms with van der Waals surface area (Å²) >= 11 is 0. The number of nitrogens with one attached hydrogen (secondary N) is 1. The van der Waals surface area contributed by atoms with E-state index in [0.29, 0.717) is 0 Å². The summed E-state index contributed by atoms with van der Waals surface area (Å²) in [5, 5.41) is 11.3. The summed E-state index contributed by atoms with van der Waals surface area (Å²) in [7, 11) is 1.35. The van der Waals surface area contributed by atoms with Gasteiger partial charge in [-0.1, -0.05) is 0 Å². The van der Waals surface area contributed by atoms with Crippen molar-refractivity contribution >= 4 is 17.8 Å². The number of aliphatic carboxylic acids is 1. The molecule has 0 aliphatic heterocycles. The molecule has 0 saturated heterocycles. The molecule has 1 rings (SSSR count). The van der Waals surface area contributed by atoms with Crippen LogP contribution in [0, 0.1) is 0 Å². The Morgan fingerprint density at radius 2 is 2.20 bits per heavy atom. The number of hydrogen-bond acceptors (Lipinski definition) is 5. The molecule has 108 valence electrons. The van der Waals surface area contributed by atoms with Gasteiger partial charge in [0.05, 0.1) is 7.11 Å². The number of carboxylic acids is 1. The maximum atomic E-state index is 12.0. The molecule has 1 unspecified atom stereocenters. The molecule has 0 spiro atoms. The highest BCUT2D eigenvalue weighted by Gasteiger charge is 2.23. The molecule has 1 heterocycles. The smallest absolute Gasteiger partial charge is 0.326 e. The van der Waals surface area contributed by atoms with Crippen molar-refractivity contribution in [2.45, 2.75) is 18.9 Å². The Bertz CT molecular complexity index is 518. The molecule has 0 radical (unpaired) electrons. The molecule has 0 aliphatic carbocycles. The number of nitrogens with two attached hydrogens (primary N) is 1.